The minimum Gasteiger partial charge on any atom is -0.497 e. The normalized spacial score (nSPS) is 15.5. The molecule has 0 amide bonds. The van der Waals surface area contributed by atoms with Gasteiger partial charge in [-0.05, 0) is 60.1 Å². The number of methoxy groups -OCH3 is 1. The zero-order valence-electron chi connectivity index (χ0n) is 11.9. The van der Waals surface area contributed by atoms with Gasteiger partial charge in [-0.1, -0.05) is 30.3 Å². The molecule has 0 saturated heterocycles. The molecule has 1 atom stereocenters. The van der Waals surface area contributed by atoms with E-state index in [1.807, 2.05) is 18.2 Å². The molecule has 104 valence electrons. The standard InChI is InChI=1S/C18H21NO/c1-20-17-8-4-7-15(12-17)18(19)16-10-9-13-5-2-3-6-14(13)11-16/h4,7-12,18H,2-3,5-6,19H2,1H3. The number of rotatable bonds is 3. The van der Waals surface area contributed by atoms with Crippen LogP contribution < -0.4 is 10.5 Å². The second kappa shape index (κ2) is 5.68. The largest absolute Gasteiger partial charge is 0.497 e. The molecule has 0 aliphatic heterocycles. The van der Waals surface area contributed by atoms with E-state index in [0.29, 0.717) is 0 Å². The van der Waals surface area contributed by atoms with Crippen LogP contribution in [0.5, 0.6) is 5.75 Å². The Hall–Kier alpha value is -1.80. The zero-order valence-corrected chi connectivity index (χ0v) is 11.9. The van der Waals surface area contributed by atoms with Crippen molar-refractivity contribution in [1.29, 1.82) is 0 Å². The highest BCUT2D eigenvalue weighted by molar-refractivity contribution is 5.40. The molecule has 2 heteroatoms. The van der Waals surface area contributed by atoms with E-state index in [0.717, 1.165) is 11.3 Å². The molecule has 2 aromatic carbocycles. The number of fused-ring (bicyclic) bond motifs is 1. The summed E-state index contributed by atoms with van der Waals surface area (Å²) in [5, 5.41) is 0. The van der Waals surface area contributed by atoms with Gasteiger partial charge >= 0.3 is 0 Å². The highest BCUT2D eigenvalue weighted by Crippen LogP contribution is 2.28. The lowest BCUT2D eigenvalue weighted by molar-refractivity contribution is 0.414. The monoisotopic (exact) mass is 267 g/mol. The van der Waals surface area contributed by atoms with E-state index >= 15 is 0 Å². The molecule has 0 heterocycles. The minimum absolute atomic E-state index is 0.0858. The summed E-state index contributed by atoms with van der Waals surface area (Å²) < 4.78 is 5.28. The number of nitrogens with two attached hydrogens (primary N) is 1. The molecule has 0 spiro atoms. The van der Waals surface area contributed by atoms with Crippen LogP contribution in [0.15, 0.2) is 42.5 Å². The maximum absolute atomic E-state index is 6.42. The number of ether oxygens (including phenoxy) is 1. The van der Waals surface area contributed by atoms with Gasteiger partial charge < -0.3 is 10.5 Å². The molecular weight excluding hydrogens is 246 g/mol. The highest BCUT2D eigenvalue weighted by Gasteiger charge is 2.14. The summed E-state index contributed by atoms with van der Waals surface area (Å²) in [5.74, 6) is 0.857. The lowest BCUT2D eigenvalue weighted by Crippen LogP contribution is -2.13. The van der Waals surface area contributed by atoms with Crippen LogP contribution in [-0.4, -0.2) is 7.11 Å². The molecule has 0 aromatic heterocycles. The second-order valence-corrected chi connectivity index (χ2v) is 5.49. The Balaban J connectivity index is 1.91. The van der Waals surface area contributed by atoms with E-state index in [1.54, 1.807) is 7.11 Å². The smallest absolute Gasteiger partial charge is 0.119 e. The number of hydrogen-bond acceptors (Lipinski definition) is 2. The van der Waals surface area contributed by atoms with Gasteiger partial charge in [-0.3, -0.25) is 0 Å². The maximum atomic E-state index is 6.42. The van der Waals surface area contributed by atoms with Crippen molar-refractivity contribution in [3.05, 3.63) is 64.7 Å². The fraction of sp³-hybridized carbons (Fsp3) is 0.333. The van der Waals surface area contributed by atoms with Crippen LogP contribution in [-0.2, 0) is 12.8 Å². The zero-order chi connectivity index (χ0) is 13.9. The molecule has 2 aromatic rings. The predicted octanol–water partition coefficient (Wildman–Crippen LogP) is 3.62. The molecule has 2 nitrogen and oxygen atoms in total. The number of aryl methyl sites for hydroxylation is 2. The van der Waals surface area contributed by atoms with Crippen molar-refractivity contribution >= 4 is 0 Å². The Morgan fingerprint density at radius 3 is 2.50 bits per heavy atom. The Morgan fingerprint density at radius 2 is 1.70 bits per heavy atom. The van der Waals surface area contributed by atoms with Crippen LogP contribution in [0.3, 0.4) is 0 Å². The topological polar surface area (TPSA) is 35.2 Å². The molecule has 1 aliphatic carbocycles. The summed E-state index contributed by atoms with van der Waals surface area (Å²) in [6, 6.07) is 14.7. The molecule has 0 saturated carbocycles. The van der Waals surface area contributed by atoms with Crippen molar-refractivity contribution < 1.29 is 4.74 Å². The van der Waals surface area contributed by atoms with Gasteiger partial charge in [0.2, 0.25) is 0 Å². The fourth-order valence-electron chi connectivity index (χ4n) is 2.97. The quantitative estimate of drug-likeness (QED) is 0.921. The van der Waals surface area contributed by atoms with Gasteiger partial charge in [0.15, 0.2) is 0 Å². The minimum atomic E-state index is -0.0858. The molecule has 3 rings (SSSR count). The van der Waals surface area contributed by atoms with Crippen LogP contribution in [0.4, 0.5) is 0 Å². The molecule has 1 unspecified atom stereocenters. The van der Waals surface area contributed by atoms with Crippen molar-refractivity contribution in [1.82, 2.24) is 0 Å². The molecule has 0 fully saturated rings. The van der Waals surface area contributed by atoms with Crippen LogP contribution in [0.25, 0.3) is 0 Å². The van der Waals surface area contributed by atoms with Crippen molar-refractivity contribution in [2.75, 3.05) is 7.11 Å². The maximum Gasteiger partial charge on any atom is 0.119 e. The summed E-state index contributed by atoms with van der Waals surface area (Å²) in [7, 11) is 1.68. The van der Waals surface area contributed by atoms with Crippen molar-refractivity contribution in [2.24, 2.45) is 5.73 Å². The number of benzene rings is 2. The molecule has 0 radical (unpaired) electrons. The average molecular weight is 267 g/mol. The summed E-state index contributed by atoms with van der Waals surface area (Å²) in [6.07, 6.45) is 5.01. The molecule has 20 heavy (non-hydrogen) atoms. The van der Waals surface area contributed by atoms with Gasteiger partial charge in [0, 0.05) is 0 Å². The van der Waals surface area contributed by atoms with Crippen molar-refractivity contribution in [3.63, 3.8) is 0 Å². The van der Waals surface area contributed by atoms with Gasteiger partial charge in [0.05, 0.1) is 13.2 Å². The molecular formula is C18H21NO. The molecule has 1 aliphatic rings. The van der Waals surface area contributed by atoms with Crippen molar-refractivity contribution in [3.8, 4) is 5.75 Å². The van der Waals surface area contributed by atoms with E-state index in [2.05, 4.69) is 24.3 Å². The molecule has 2 N–H and O–H groups in total. The van der Waals surface area contributed by atoms with Gasteiger partial charge in [0.25, 0.3) is 0 Å². The first kappa shape index (κ1) is 13.2. The Bertz CT molecular complexity index is 606. The van der Waals surface area contributed by atoms with Crippen LogP contribution in [0.2, 0.25) is 0 Å². The second-order valence-electron chi connectivity index (χ2n) is 5.49. The third-order valence-corrected chi connectivity index (χ3v) is 4.18. The predicted molar refractivity (Wildman–Crippen MR) is 82.1 cm³/mol. The van der Waals surface area contributed by atoms with E-state index < -0.39 is 0 Å². The summed E-state index contributed by atoms with van der Waals surface area (Å²) in [5.41, 5.74) is 11.7. The Labute approximate surface area is 120 Å². The Kier molecular flexibility index (Phi) is 3.75. The first-order valence-electron chi connectivity index (χ1n) is 7.29. The van der Waals surface area contributed by atoms with E-state index in [9.17, 15) is 0 Å². The van der Waals surface area contributed by atoms with Crippen LogP contribution in [0, 0.1) is 0 Å². The van der Waals surface area contributed by atoms with E-state index in [-0.39, 0.29) is 6.04 Å². The first-order valence-corrected chi connectivity index (χ1v) is 7.29. The summed E-state index contributed by atoms with van der Waals surface area (Å²) in [4.78, 5) is 0. The SMILES string of the molecule is COc1cccc(C(N)c2ccc3c(c2)CCCC3)c1. The van der Waals surface area contributed by atoms with Crippen LogP contribution >= 0.6 is 0 Å². The lowest BCUT2D eigenvalue weighted by Gasteiger charge is -2.19. The fourth-order valence-corrected chi connectivity index (χ4v) is 2.97. The number of hydrogen-bond donors (Lipinski definition) is 1. The van der Waals surface area contributed by atoms with E-state index in [1.165, 1.54) is 42.4 Å². The van der Waals surface area contributed by atoms with Gasteiger partial charge in [-0.2, -0.15) is 0 Å². The summed E-state index contributed by atoms with van der Waals surface area (Å²) >= 11 is 0. The van der Waals surface area contributed by atoms with Gasteiger partial charge in [0.1, 0.15) is 5.75 Å². The third kappa shape index (κ3) is 2.56. The Morgan fingerprint density at radius 1 is 0.950 bits per heavy atom. The van der Waals surface area contributed by atoms with Crippen LogP contribution in [0.1, 0.15) is 41.1 Å². The highest BCUT2D eigenvalue weighted by atomic mass is 16.5. The van der Waals surface area contributed by atoms with Crippen molar-refractivity contribution in [2.45, 2.75) is 31.7 Å². The third-order valence-electron chi connectivity index (χ3n) is 4.18. The lowest BCUT2D eigenvalue weighted by atomic mass is 9.88. The van der Waals surface area contributed by atoms with Gasteiger partial charge in [-0.15, -0.1) is 0 Å². The summed E-state index contributed by atoms with van der Waals surface area (Å²) in [6.45, 7) is 0. The van der Waals surface area contributed by atoms with Gasteiger partial charge in [-0.25, -0.2) is 0 Å². The average Bonchev–Trinajstić information content (AvgIpc) is 2.53. The first-order chi connectivity index (χ1) is 9.78. The molecule has 0 bridgehead atoms. The van der Waals surface area contributed by atoms with E-state index in [4.69, 9.17) is 10.5 Å².